The molecule has 4 heteroatoms. The van der Waals surface area contributed by atoms with Gasteiger partial charge in [-0.05, 0) is 12.1 Å². The molecule has 1 aromatic carbocycles. The average Bonchev–Trinajstić information content (AvgIpc) is 2.54. The highest BCUT2D eigenvalue weighted by atomic mass is 16.3. The number of aromatic nitrogens is 2. The fourth-order valence-corrected chi connectivity index (χ4v) is 2.16. The number of fused-ring (bicyclic) bond motifs is 3. The summed E-state index contributed by atoms with van der Waals surface area (Å²) in [5, 5.41) is 11.4. The van der Waals surface area contributed by atoms with Gasteiger partial charge in [0.2, 0.25) is 5.56 Å². The molecule has 2 aromatic heterocycles. The first-order chi connectivity index (χ1) is 7.68. The van der Waals surface area contributed by atoms with Gasteiger partial charge in [0.25, 0.3) is 0 Å². The van der Waals surface area contributed by atoms with Crippen molar-refractivity contribution in [3.63, 3.8) is 0 Å². The van der Waals surface area contributed by atoms with Crippen LogP contribution in [0.4, 0.5) is 0 Å². The van der Waals surface area contributed by atoms with Crippen LogP contribution in [0.3, 0.4) is 0 Å². The van der Waals surface area contributed by atoms with E-state index in [-0.39, 0.29) is 11.3 Å². The molecule has 0 amide bonds. The lowest BCUT2D eigenvalue weighted by Crippen LogP contribution is -2.01. The summed E-state index contributed by atoms with van der Waals surface area (Å²) in [6.07, 6.45) is 1.66. The molecule has 0 spiro atoms. The van der Waals surface area contributed by atoms with Gasteiger partial charge in [-0.2, -0.15) is 0 Å². The minimum absolute atomic E-state index is 0.164. The maximum Gasteiger partial charge on any atom is 0.248 e. The number of phenols is 1. The van der Waals surface area contributed by atoms with E-state index < -0.39 is 0 Å². The largest absolute Gasteiger partial charge is 0.507 e. The van der Waals surface area contributed by atoms with Crippen LogP contribution in [0, 0.1) is 0 Å². The predicted octanol–water partition coefficient (Wildman–Crippen LogP) is 1.73. The van der Waals surface area contributed by atoms with Crippen LogP contribution in [-0.4, -0.2) is 14.7 Å². The summed E-state index contributed by atoms with van der Waals surface area (Å²) < 4.78 is 1.94. The Morgan fingerprint density at radius 1 is 1.31 bits per heavy atom. The first kappa shape index (κ1) is 9.03. The lowest BCUT2D eigenvalue weighted by molar-refractivity contribution is 0.482. The van der Waals surface area contributed by atoms with Gasteiger partial charge in [0.05, 0.1) is 11.0 Å². The molecule has 0 aliphatic rings. The van der Waals surface area contributed by atoms with Gasteiger partial charge >= 0.3 is 0 Å². The Kier molecular flexibility index (Phi) is 1.63. The molecule has 3 rings (SSSR count). The van der Waals surface area contributed by atoms with Crippen LogP contribution in [0.1, 0.15) is 0 Å². The van der Waals surface area contributed by atoms with Crippen LogP contribution in [0.15, 0.2) is 35.3 Å². The van der Waals surface area contributed by atoms with Crippen molar-refractivity contribution in [3.05, 3.63) is 40.8 Å². The van der Waals surface area contributed by atoms with Crippen molar-refractivity contribution in [1.82, 2.24) is 9.55 Å². The third-order valence-corrected chi connectivity index (χ3v) is 2.92. The Hall–Kier alpha value is -2.23. The second-order valence-corrected chi connectivity index (χ2v) is 3.83. The second kappa shape index (κ2) is 2.88. The van der Waals surface area contributed by atoms with Gasteiger partial charge in [0.1, 0.15) is 5.75 Å². The van der Waals surface area contributed by atoms with Crippen LogP contribution >= 0.6 is 0 Å². The maximum absolute atomic E-state index is 11.3. The summed E-state index contributed by atoms with van der Waals surface area (Å²) in [6, 6.07) is 6.85. The van der Waals surface area contributed by atoms with E-state index in [2.05, 4.69) is 4.98 Å². The van der Waals surface area contributed by atoms with Gasteiger partial charge in [-0.15, -0.1) is 0 Å². The third kappa shape index (κ3) is 1.01. The lowest BCUT2D eigenvalue weighted by atomic mass is 10.2. The summed E-state index contributed by atoms with van der Waals surface area (Å²) in [5.41, 5.74) is 1.65. The van der Waals surface area contributed by atoms with Gasteiger partial charge in [-0.25, -0.2) is 0 Å². The van der Waals surface area contributed by atoms with Gasteiger partial charge in [-0.1, -0.05) is 6.07 Å². The number of hydrogen-bond acceptors (Lipinski definition) is 2. The average molecular weight is 214 g/mol. The topological polar surface area (TPSA) is 58.0 Å². The van der Waals surface area contributed by atoms with Crippen molar-refractivity contribution < 1.29 is 5.11 Å². The van der Waals surface area contributed by atoms with Gasteiger partial charge in [0.15, 0.2) is 0 Å². The van der Waals surface area contributed by atoms with Crippen molar-refractivity contribution in [1.29, 1.82) is 0 Å². The monoisotopic (exact) mass is 214 g/mol. The number of aryl methyl sites for hydroxylation is 1. The molecule has 16 heavy (non-hydrogen) atoms. The maximum atomic E-state index is 11.3. The molecule has 0 atom stereocenters. The number of aromatic hydroxyl groups is 1. The number of aromatic amines is 1. The number of rotatable bonds is 0. The molecule has 2 heterocycles. The quantitative estimate of drug-likeness (QED) is 0.598. The standard InChI is InChI=1S/C12H10N2O2/c1-14-8-3-2-4-10(15)12(8)7-5-11(16)13-6-9(7)14/h2-6,15H,1H3,(H,13,16). The number of pyridine rings is 1. The summed E-state index contributed by atoms with van der Waals surface area (Å²) in [5.74, 6) is 0.203. The predicted molar refractivity (Wildman–Crippen MR) is 62.7 cm³/mol. The minimum Gasteiger partial charge on any atom is -0.507 e. The van der Waals surface area contributed by atoms with E-state index in [1.165, 1.54) is 6.07 Å². The van der Waals surface area contributed by atoms with E-state index in [0.29, 0.717) is 0 Å². The second-order valence-electron chi connectivity index (χ2n) is 3.83. The number of H-pyrrole nitrogens is 1. The Balaban J connectivity index is 2.72. The molecule has 2 N–H and O–H groups in total. The van der Waals surface area contributed by atoms with E-state index in [0.717, 1.165) is 21.8 Å². The highest BCUT2D eigenvalue weighted by Gasteiger charge is 2.11. The molecule has 0 unspecified atom stereocenters. The lowest BCUT2D eigenvalue weighted by Gasteiger charge is -1.97. The molecule has 0 aliphatic carbocycles. The summed E-state index contributed by atoms with van der Waals surface area (Å²) in [7, 11) is 1.91. The van der Waals surface area contributed by atoms with Crippen LogP contribution in [0.5, 0.6) is 5.75 Å². The Labute approximate surface area is 90.8 Å². The molecule has 0 fully saturated rings. The number of hydrogen-bond donors (Lipinski definition) is 2. The number of nitrogens with zero attached hydrogens (tertiary/aromatic N) is 1. The first-order valence-corrected chi connectivity index (χ1v) is 4.97. The van der Waals surface area contributed by atoms with E-state index in [1.807, 2.05) is 17.7 Å². The molecule has 0 aliphatic heterocycles. The molecule has 3 aromatic rings. The molecular formula is C12H10N2O2. The summed E-state index contributed by atoms with van der Waals surface area (Å²) >= 11 is 0. The van der Waals surface area contributed by atoms with Crippen LogP contribution in [-0.2, 0) is 7.05 Å². The van der Waals surface area contributed by atoms with Crippen LogP contribution < -0.4 is 5.56 Å². The molecular weight excluding hydrogens is 204 g/mol. The molecule has 0 radical (unpaired) electrons. The fourth-order valence-electron chi connectivity index (χ4n) is 2.16. The van der Waals surface area contributed by atoms with Crippen LogP contribution in [0.25, 0.3) is 21.8 Å². The first-order valence-electron chi connectivity index (χ1n) is 4.97. The zero-order chi connectivity index (χ0) is 11.3. The number of phenolic OH excluding ortho intramolecular Hbond substituents is 1. The molecule has 80 valence electrons. The van der Waals surface area contributed by atoms with Crippen molar-refractivity contribution >= 4 is 21.8 Å². The minimum atomic E-state index is -0.164. The van der Waals surface area contributed by atoms with Crippen LogP contribution in [0.2, 0.25) is 0 Å². The van der Waals surface area contributed by atoms with E-state index in [1.54, 1.807) is 18.3 Å². The SMILES string of the molecule is Cn1c2c[nH]c(=O)cc2c2c(O)cccc21. The van der Waals surface area contributed by atoms with E-state index in [9.17, 15) is 9.90 Å². The van der Waals surface area contributed by atoms with Gasteiger partial charge in [-0.3, -0.25) is 4.79 Å². The highest BCUT2D eigenvalue weighted by molar-refractivity contribution is 6.10. The van der Waals surface area contributed by atoms with Gasteiger partial charge in [0, 0.05) is 30.1 Å². The van der Waals surface area contributed by atoms with Crippen molar-refractivity contribution in [2.45, 2.75) is 0 Å². The molecule has 4 nitrogen and oxygen atoms in total. The highest BCUT2D eigenvalue weighted by Crippen LogP contribution is 2.32. The van der Waals surface area contributed by atoms with E-state index >= 15 is 0 Å². The summed E-state index contributed by atoms with van der Waals surface area (Å²) in [4.78, 5) is 13.9. The Bertz CT molecular complexity index is 753. The fraction of sp³-hybridized carbons (Fsp3) is 0.0833. The van der Waals surface area contributed by atoms with Crippen molar-refractivity contribution in [2.24, 2.45) is 7.05 Å². The zero-order valence-electron chi connectivity index (χ0n) is 8.69. The molecule has 0 saturated carbocycles. The Morgan fingerprint density at radius 3 is 2.94 bits per heavy atom. The molecule has 0 bridgehead atoms. The van der Waals surface area contributed by atoms with Gasteiger partial charge < -0.3 is 14.7 Å². The normalized spacial score (nSPS) is 11.3. The van der Waals surface area contributed by atoms with Crippen molar-refractivity contribution in [3.8, 4) is 5.75 Å². The Morgan fingerprint density at radius 2 is 2.12 bits per heavy atom. The zero-order valence-corrected chi connectivity index (χ0v) is 8.69. The summed E-state index contributed by atoms with van der Waals surface area (Å²) in [6.45, 7) is 0. The van der Waals surface area contributed by atoms with E-state index in [4.69, 9.17) is 0 Å². The van der Waals surface area contributed by atoms with Crippen molar-refractivity contribution in [2.75, 3.05) is 0 Å². The third-order valence-electron chi connectivity index (χ3n) is 2.92. The number of nitrogens with one attached hydrogen (secondary N) is 1. The smallest absolute Gasteiger partial charge is 0.248 e. The molecule has 0 saturated heterocycles. The number of benzene rings is 1.